The number of nitrogens with one attached hydrogen (secondary N) is 1. The van der Waals surface area contributed by atoms with Crippen LogP contribution in [-0.4, -0.2) is 28.6 Å². The molecule has 2 rings (SSSR count). The van der Waals surface area contributed by atoms with Crippen LogP contribution in [0.4, 0.5) is 0 Å². The summed E-state index contributed by atoms with van der Waals surface area (Å²) in [6.45, 7) is 5.51. The van der Waals surface area contributed by atoms with Crippen molar-refractivity contribution in [2.75, 3.05) is 7.11 Å². The van der Waals surface area contributed by atoms with E-state index in [1.165, 1.54) is 7.11 Å². The number of hydrogen-bond acceptors (Lipinski definition) is 4. The molecule has 0 atom stereocenters. The second-order valence-electron chi connectivity index (χ2n) is 4.98. The molecule has 0 aliphatic rings. The predicted molar refractivity (Wildman–Crippen MR) is 67.8 cm³/mol. The zero-order valence-corrected chi connectivity index (χ0v) is 10.9. The Labute approximate surface area is 105 Å². The van der Waals surface area contributed by atoms with Gasteiger partial charge in [0, 0.05) is 17.6 Å². The van der Waals surface area contributed by atoms with E-state index in [0.717, 1.165) is 10.9 Å². The van der Waals surface area contributed by atoms with Gasteiger partial charge >= 0.3 is 5.97 Å². The maximum Gasteiger partial charge on any atom is 0.340 e. The number of esters is 1. The highest BCUT2D eigenvalue weighted by Crippen LogP contribution is 2.23. The second-order valence-corrected chi connectivity index (χ2v) is 4.98. The molecule has 18 heavy (non-hydrogen) atoms. The van der Waals surface area contributed by atoms with E-state index >= 15 is 0 Å². The molecule has 5 nitrogen and oxygen atoms in total. The fraction of sp³-hybridized carbons (Fsp3) is 0.385. The van der Waals surface area contributed by atoms with Gasteiger partial charge < -0.3 is 14.5 Å². The van der Waals surface area contributed by atoms with E-state index in [1.54, 1.807) is 18.5 Å². The van der Waals surface area contributed by atoms with Gasteiger partial charge in [-0.05, 0) is 20.8 Å². The molecule has 0 spiro atoms. The van der Waals surface area contributed by atoms with Gasteiger partial charge in [-0.3, -0.25) is 0 Å². The van der Waals surface area contributed by atoms with Crippen LogP contribution in [0.1, 0.15) is 31.1 Å². The van der Waals surface area contributed by atoms with Gasteiger partial charge in [0.2, 0.25) is 5.88 Å². The number of H-pyrrole nitrogens is 1. The number of pyridine rings is 1. The van der Waals surface area contributed by atoms with E-state index in [2.05, 4.69) is 9.97 Å². The van der Waals surface area contributed by atoms with Crippen molar-refractivity contribution in [2.45, 2.75) is 26.4 Å². The molecule has 0 amide bonds. The first kappa shape index (κ1) is 12.4. The number of fused-ring (bicyclic) bond motifs is 1. The first-order valence-electron chi connectivity index (χ1n) is 5.65. The van der Waals surface area contributed by atoms with Crippen molar-refractivity contribution in [3.63, 3.8) is 0 Å². The molecule has 0 saturated heterocycles. The van der Waals surface area contributed by atoms with Gasteiger partial charge in [-0.25, -0.2) is 9.78 Å². The van der Waals surface area contributed by atoms with Crippen molar-refractivity contribution in [1.29, 1.82) is 0 Å². The van der Waals surface area contributed by atoms with Gasteiger partial charge in [-0.2, -0.15) is 0 Å². The maximum absolute atomic E-state index is 12.0. The summed E-state index contributed by atoms with van der Waals surface area (Å²) in [7, 11) is 1.54. The van der Waals surface area contributed by atoms with E-state index < -0.39 is 5.60 Å². The molecule has 0 saturated carbocycles. The van der Waals surface area contributed by atoms with Crippen molar-refractivity contribution >= 4 is 16.9 Å². The van der Waals surface area contributed by atoms with Crippen LogP contribution in [0.15, 0.2) is 18.5 Å². The third-order valence-electron chi connectivity index (χ3n) is 2.37. The highest BCUT2D eigenvalue weighted by atomic mass is 16.6. The van der Waals surface area contributed by atoms with Gasteiger partial charge in [0.15, 0.2) is 0 Å². The molecule has 0 aliphatic carbocycles. The lowest BCUT2D eigenvalue weighted by Crippen LogP contribution is -2.23. The van der Waals surface area contributed by atoms with Gasteiger partial charge in [-0.1, -0.05) is 0 Å². The molecule has 1 N–H and O–H groups in total. The zero-order valence-electron chi connectivity index (χ0n) is 10.9. The fourth-order valence-electron chi connectivity index (χ4n) is 1.62. The van der Waals surface area contributed by atoms with Crippen LogP contribution in [0, 0.1) is 0 Å². The Bertz CT molecular complexity index is 581. The Morgan fingerprint density at radius 1 is 1.39 bits per heavy atom. The van der Waals surface area contributed by atoms with Gasteiger partial charge in [0.05, 0.1) is 24.4 Å². The van der Waals surface area contributed by atoms with Crippen LogP contribution in [0.2, 0.25) is 0 Å². The van der Waals surface area contributed by atoms with Crippen LogP contribution in [-0.2, 0) is 4.74 Å². The Hall–Kier alpha value is -2.04. The number of aromatic nitrogens is 2. The monoisotopic (exact) mass is 248 g/mol. The molecule has 96 valence electrons. The summed E-state index contributed by atoms with van der Waals surface area (Å²) in [5.74, 6) is 0.105. The standard InChI is InChI=1S/C13H16N2O3/c1-13(2,3)18-12(16)9-6-14-10-7-15-11(17-4)5-8(9)10/h5-7,14H,1-4H3. The summed E-state index contributed by atoms with van der Waals surface area (Å²) in [5, 5.41) is 0.746. The van der Waals surface area contributed by atoms with Crippen LogP contribution in [0.25, 0.3) is 10.9 Å². The minimum atomic E-state index is -0.516. The fourth-order valence-corrected chi connectivity index (χ4v) is 1.62. The summed E-state index contributed by atoms with van der Waals surface area (Å²) >= 11 is 0. The Morgan fingerprint density at radius 3 is 2.72 bits per heavy atom. The molecule has 0 unspecified atom stereocenters. The minimum absolute atomic E-state index is 0.359. The number of carbonyl (C=O) groups is 1. The SMILES string of the molecule is COc1cc2c(C(=O)OC(C)(C)C)c[nH]c2cn1. The second kappa shape index (κ2) is 4.33. The number of hydrogen-bond donors (Lipinski definition) is 1. The lowest BCUT2D eigenvalue weighted by atomic mass is 10.1. The van der Waals surface area contributed by atoms with E-state index in [4.69, 9.17) is 9.47 Å². The molecule has 2 aromatic heterocycles. The van der Waals surface area contributed by atoms with E-state index in [1.807, 2.05) is 20.8 Å². The van der Waals surface area contributed by atoms with Crippen LogP contribution in [0.3, 0.4) is 0 Å². The van der Waals surface area contributed by atoms with Crippen molar-refractivity contribution < 1.29 is 14.3 Å². The molecule has 2 aromatic rings. The highest BCUT2D eigenvalue weighted by molar-refractivity contribution is 6.04. The van der Waals surface area contributed by atoms with Crippen molar-refractivity contribution in [3.05, 3.63) is 24.0 Å². The quantitative estimate of drug-likeness (QED) is 0.829. The number of aromatic amines is 1. The summed E-state index contributed by atoms with van der Waals surface area (Å²) in [6, 6.07) is 1.71. The van der Waals surface area contributed by atoms with Crippen molar-refractivity contribution in [3.8, 4) is 5.88 Å². The summed E-state index contributed by atoms with van der Waals surface area (Å²) < 4.78 is 10.4. The highest BCUT2D eigenvalue weighted by Gasteiger charge is 2.20. The summed E-state index contributed by atoms with van der Waals surface area (Å²) in [5.41, 5.74) is 0.745. The number of nitrogens with zero attached hydrogens (tertiary/aromatic N) is 1. The lowest BCUT2D eigenvalue weighted by molar-refractivity contribution is 0.00719. The van der Waals surface area contributed by atoms with Gasteiger partial charge in [-0.15, -0.1) is 0 Å². The average Bonchev–Trinajstić information content (AvgIpc) is 2.69. The Kier molecular flexibility index (Phi) is 2.98. The lowest BCUT2D eigenvalue weighted by Gasteiger charge is -2.19. The molecule has 0 fully saturated rings. The summed E-state index contributed by atoms with van der Waals surface area (Å²) in [6.07, 6.45) is 3.25. The number of methoxy groups -OCH3 is 1. The zero-order chi connectivity index (χ0) is 13.3. The third kappa shape index (κ3) is 2.45. The van der Waals surface area contributed by atoms with Crippen LogP contribution >= 0.6 is 0 Å². The first-order valence-corrected chi connectivity index (χ1v) is 5.65. The number of ether oxygens (including phenoxy) is 2. The molecule has 0 aliphatic heterocycles. The number of carbonyl (C=O) groups excluding carboxylic acids is 1. The molecule has 0 radical (unpaired) electrons. The molecular formula is C13H16N2O3. The topological polar surface area (TPSA) is 64.2 Å². The maximum atomic E-state index is 12.0. The summed E-state index contributed by atoms with van der Waals surface area (Å²) in [4.78, 5) is 19.1. The Balaban J connectivity index is 2.42. The predicted octanol–water partition coefficient (Wildman–Crippen LogP) is 2.53. The molecular weight excluding hydrogens is 232 g/mol. The molecule has 5 heteroatoms. The average molecular weight is 248 g/mol. The first-order chi connectivity index (χ1) is 8.40. The Morgan fingerprint density at radius 2 is 2.11 bits per heavy atom. The van der Waals surface area contributed by atoms with E-state index in [-0.39, 0.29) is 5.97 Å². The molecule has 0 bridgehead atoms. The normalized spacial score (nSPS) is 11.6. The minimum Gasteiger partial charge on any atom is -0.481 e. The van der Waals surface area contributed by atoms with Crippen LogP contribution in [0.5, 0.6) is 5.88 Å². The number of rotatable bonds is 2. The third-order valence-corrected chi connectivity index (χ3v) is 2.37. The smallest absolute Gasteiger partial charge is 0.340 e. The van der Waals surface area contributed by atoms with Crippen molar-refractivity contribution in [2.24, 2.45) is 0 Å². The largest absolute Gasteiger partial charge is 0.481 e. The van der Waals surface area contributed by atoms with Crippen LogP contribution < -0.4 is 4.74 Å². The molecule has 0 aromatic carbocycles. The van der Waals surface area contributed by atoms with E-state index in [9.17, 15) is 4.79 Å². The molecule has 2 heterocycles. The van der Waals surface area contributed by atoms with Crippen molar-refractivity contribution in [1.82, 2.24) is 9.97 Å². The van der Waals surface area contributed by atoms with Gasteiger partial charge in [0.25, 0.3) is 0 Å². The van der Waals surface area contributed by atoms with E-state index in [0.29, 0.717) is 11.4 Å². The van der Waals surface area contributed by atoms with Gasteiger partial charge in [0.1, 0.15) is 5.60 Å².